The van der Waals surface area contributed by atoms with Gasteiger partial charge in [0.05, 0.1) is 5.56 Å². The van der Waals surface area contributed by atoms with Crippen LogP contribution < -0.4 is 16.0 Å². The molecule has 0 spiro atoms. The molecule has 0 radical (unpaired) electrons. The quantitative estimate of drug-likeness (QED) is 0.502. The highest BCUT2D eigenvalue weighted by atomic mass is 16.1. The van der Waals surface area contributed by atoms with Crippen molar-refractivity contribution in [1.82, 2.24) is 20.6 Å². The fraction of sp³-hybridized carbons (Fsp3) is 0.154. The third-order valence-electron chi connectivity index (χ3n) is 5.25. The molecule has 1 aromatic carbocycles. The number of nitrogens with zero attached hydrogens (tertiary/aromatic N) is 3. The molecule has 0 saturated carbocycles. The van der Waals surface area contributed by atoms with Gasteiger partial charge in [-0.3, -0.25) is 14.8 Å². The molecule has 3 heterocycles. The van der Waals surface area contributed by atoms with Crippen LogP contribution in [-0.2, 0) is 0 Å². The molecule has 4 rings (SSSR count). The van der Waals surface area contributed by atoms with E-state index in [0.717, 1.165) is 40.2 Å². The maximum atomic E-state index is 12.5. The van der Waals surface area contributed by atoms with E-state index in [2.05, 4.69) is 37.8 Å². The molecule has 0 bridgehead atoms. The smallest absolute Gasteiger partial charge is 0.257 e. The minimum atomic E-state index is -0.176. The number of nitrogens with one attached hydrogen (secondary N) is 3. The average Bonchev–Trinajstić information content (AvgIpc) is 3.31. The Balaban J connectivity index is 1.27. The van der Waals surface area contributed by atoms with Crippen LogP contribution >= 0.6 is 0 Å². The Labute approximate surface area is 193 Å². The van der Waals surface area contributed by atoms with E-state index in [1.807, 2.05) is 68.0 Å². The SMILES string of the molecule is Cc1cncc(C(=O)Nc2cccc(C(C)NC=CNC3=NC=C(c4ccncc4)C3)c2)c1. The van der Waals surface area contributed by atoms with Crippen LogP contribution in [-0.4, -0.2) is 21.7 Å². The van der Waals surface area contributed by atoms with Gasteiger partial charge >= 0.3 is 0 Å². The fourth-order valence-electron chi connectivity index (χ4n) is 3.45. The normalized spacial score (nSPS) is 13.9. The largest absolute Gasteiger partial charge is 0.383 e. The lowest BCUT2D eigenvalue weighted by molar-refractivity contribution is 0.102. The summed E-state index contributed by atoms with van der Waals surface area (Å²) in [4.78, 5) is 25.1. The molecule has 0 saturated heterocycles. The number of pyridine rings is 2. The highest BCUT2D eigenvalue weighted by Crippen LogP contribution is 2.22. The third-order valence-corrected chi connectivity index (χ3v) is 5.25. The van der Waals surface area contributed by atoms with Gasteiger partial charge in [0.2, 0.25) is 0 Å². The molecule has 2 aromatic heterocycles. The predicted molar refractivity (Wildman–Crippen MR) is 131 cm³/mol. The van der Waals surface area contributed by atoms with E-state index >= 15 is 0 Å². The summed E-state index contributed by atoms with van der Waals surface area (Å²) >= 11 is 0. The van der Waals surface area contributed by atoms with Gasteiger partial charge in [0.15, 0.2) is 0 Å². The molecule has 3 aromatic rings. The van der Waals surface area contributed by atoms with Crippen molar-refractivity contribution in [3.05, 3.63) is 108 Å². The van der Waals surface area contributed by atoms with Crippen LogP contribution in [0, 0.1) is 6.92 Å². The molecular formula is C26H26N6O. The number of hydrogen-bond acceptors (Lipinski definition) is 6. The van der Waals surface area contributed by atoms with Crippen molar-refractivity contribution in [1.29, 1.82) is 0 Å². The van der Waals surface area contributed by atoms with E-state index in [0.29, 0.717) is 5.56 Å². The van der Waals surface area contributed by atoms with Gasteiger partial charge in [0.1, 0.15) is 5.84 Å². The number of amidine groups is 1. The topological polar surface area (TPSA) is 91.3 Å². The first-order valence-corrected chi connectivity index (χ1v) is 10.7. The minimum Gasteiger partial charge on any atom is -0.383 e. The monoisotopic (exact) mass is 438 g/mol. The Kier molecular flexibility index (Phi) is 6.90. The summed E-state index contributed by atoms with van der Waals surface area (Å²) in [7, 11) is 0. The van der Waals surface area contributed by atoms with E-state index < -0.39 is 0 Å². The molecule has 0 aliphatic carbocycles. The van der Waals surface area contributed by atoms with Crippen molar-refractivity contribution in [3.63, 3.8) is 0 Å². The van der Waals surface area contributed by atoms with Gasteiger partial charge < -0.3 is 16.0 Å². The number of aryl methyl sites for hydroxylation is 1. The maximum Gasteiger partial charge on any atom is 0.257 e. The number of anilines is 1. The van der Waals surface area contributed by atoms with Crippen LogP contribution in [0.15, 0.2) is 90.8 Å². The number of hydrogen-bond donors (Lipinski definition) is 3. The van der Waals surface area contributed by atoms with Crippen LogP contribution in [0.1, 0.15) is 46.4 Å². The first kappa shape index (κ1) is 22.0. The molecule has 166 valence electrons. The van der Waals surface area contributed by atoms with Crippen molar-refractivity contribution < 1.29 is 4.79 Å². The summed E-state index contributed by atoms with van der Waals surface area (Å²) in [6.07, 6.45) is 13.2. The van der Waals surface area contributed by atoms with E-state index in [-0.39, 0.29) is 11.9 Å². The van der Waals surface area contributed by atoms with Gasteiger partial charge in [-0.1, -0.05) is 12.1 Å². The van der Waals surface area contributed by atoms with Gasteiger partial charge in [-0.15, -0.1) is 0 Å². The first-order chi connectivity index (χ1) is 16.1. The molecule has 3 N–H and O–H groups in total. The summed E-state index contributed by atoms with van der Waals surface area (Å²) in [6.45, 7) is 3.97. The number of rotatable bonds is 7. The highest BCUT2D eigenvalue weighted by molar-refractivity contribution is 6.04. The Morgan fingerprint density at radius 1 is 1.06 bits per heavy atom. The third kappa shape index (κ3) is 5.92. The van der Waals surface area contributed by atoms with Crippen molar-refractivity contribution in [2.75, 3.05) is 5.32 Å². The zero-order valence-electron chi connectivity index (χ0n) is 18.6. The molecule has 7 nitrogen and oxygen atoms in total. The highest BCUT2D eigenvalue weighted by Gasteiger charge is 2.11. The van der Waals surface area contributed by atoms with E-state index in [9.17, 15) is 4.79 Å². The van der Waals surface area contributed by atoms with Crippen LogP contribution in [0.2, 0.25) is 0 Å². The van der Waals surface area contributed by atoms with Crippen molar-refractivity contribution in [3.8, 4) is 0 Å². The van der Waals surface area contributed by atoms with Crippen LogP contribution in [0.4, 0.5) is 5.69 Å². The second-order valence-electron chi connectivity index (χ2n) is 7.84. The number of benzene rings is 1. The molecule has 1 atom stereocenters. The lowest BCUT2D eigenvalue weighted by Crippen LogP contribution is -2.18. The van der Waals surface area contributed by atoms with Crippen molar-refractivity contribution in [2.24, 2.45) is 4.99 Å². The van der Waals surface area contributed by atoms with E-state index in [1.165, 1.54) is 0 Å². The second-order valence-corrected chi connectivity index (χ2v) is 7.84. The Bertz CT molecular complexity index is 1220. The number of carbonyl (C=O) groups excluding carboxylic acids is 1. The van der Waals surface area contributed by atoms with Gasteiger partial charge in [0, 0.05) is 61.5 Å². The predicted octanol–water partition coefficient (Wildman–Crippen LogP) is 4.59. The van der Waals surface area contributed by atoms with Gasteiger partial charge in [-0.05, 0) is 66.4 Å². The van der Waals surface area contributed by atoms with E-state index in [1.54, 1.807) is 24.8 Å². The minimum absolute atomic E-state index is 0.0524. The number of carbonyl (C=O) groups is 1. The fourth-order valence-corrected chi connectivity index (χ4v) is 3.45. The van der Waals surface area contributed by atoms with Gasteiger partial charge in [-0.2, -0.15) is 0 Å². The molecular weight excluding hydrogens is 412 g/mol. The second kappa shape index (κ2) is 10.4. The lowest BCUT2D eigenvalue weighted by atomic mass is 10.1. The van der Waals surface area contributed by atoms with Gasteiger partial charge in [0.25, 0.3) is 5.91 Å². The summed E-state index contributed by atoms with van der Waals surface area (Å²) in [5, 5.41) is 9.50. The molecule has 7 heteroatoms. The zero-order chi connectivity index (χ0) is 23.0. The lowest BCUT2D eigenvalue weighted by Gasteiger charge is -2.14. The maximum absolute atomic E-state index is 12.5. The van der Waals surface area contributed by atoms with Crippen LogP contribution in [0.5, 0.6) is 0 Å². The molecule has 1 aliphatic heterocycles. The van der Waals surface area contributed by atoms with Crippen LogP contribution in [0.25, 0.3) is 5.57 Å². The Morgan fingerprint density at radius 2 is 1.91 bits per heavy atom. The molecule has 0 fully saturated rings. The number of aromatic nitrogens is 2. The van der Waals surface area contributed by atoms with Gasteiger partial charge in [-0.25, -0.2) is 4.99 Å². The van der Waals surface area contributed by atoms with Crippen LogP contribution in [0.3, 0.4) is 0 Å². The molecule has 33 heavy (non-hydrogen) atoms. The molecule has 1 amide bonds. The van der Waals surface area contributed by atoms with E-state index in [4.69, 9.17) is 0 Å². The summed E-state index contributed by atoms with van der Waals surface area (Å²) in [5.41, 5.74) is 5.57. The van der Waals surface area contributed by atoms with Crippen molar-refractivity contribution in [2.45, 2.75) is 26.3 Å². The summed E-state index contributed by atoms with van der Waals surface area (Å²) < 4.78 is 0. The Morgan fingerprint density at radius 3 is 2.73 bits per heavy atom. The zero-order valence-corrected chi connectivity index (χ0v) is 18.6. The standard InChI is InChI=1S/C26H26N6O/c1-18-12-23(16-28-15-18)26(33)32-24-5-3-4-21(13-24)19(2)29-10-11-30-25-14-22(17-31-25)20-6-8-27-9-7-20/h3-13,15-17,19,29H,14H2,1-2H3,(H,30,31)(H,32,33). The summed E-state index contributed by atoms with van der Waals surface area (Å²) in [6, 6.07) is 13.6. The Hall–Kier alpha value is -4.26. The summed E-state index contributed by atoms with van der Waals surface area (Å²) in [5.74, 6) is 0.716. The number of amides is 1. The molecule has 1 aliphatic rings. The number of aliphatic imine (C=N–C) groups is 1. The average molecular weight is 439 g/mol. The van der Waals surface area contributed by atoms with Crippen molar-refractivity contribution >= 4 is 23.0 Å². The first-order valence-electron chi connectivity index (χ1n) is 10.7. The molecule has 1 unspecified atom stereocenters.